The van der Waals surface area contributed by atoms with Gasteiger partial charge in [0, 0.05) is 0 Å². The Balaban J connectivity index is 3.31. The number of benzene rings is 1. The fourth-order valence-electron chi connectivity index (χ4n) is 1.18. The first-order chi connectivity index (χ1) is 6.99. The van der Waals surface area contributed by atoms with Gasteiger partial charge in [-0.3, -0.25) is 4.79 Å². The SMILES string of the molecule is COc1c(C(=O)C(C)N)ccc(O)c1F. The summed E-state index contributed by atoms with van der Waals surface area (Å²) in [4.78, 5) is 11.5. The predicted molar refractivity (Wildman–Crippen MR) is 52.6 cm³/mol. The van der Waals surface area contributed by atoms with Crippen molar-refractivity contribution in [2.24, 2.45) is 5.73 Å². The van der Waals surface area contributed by atoms with Crippen molar-refractivity contribution in [3.05, 3.63) is 23.5 Å². The van der Waals surface area contributed by atoms with Gasteiger partial charge in [-0.05, 0) is 19.1 Å². The van der Waals surface area contributed by atoms with Crippen LogP contribution in [0.25, 0.3) is 0 Å². The molecule has 1 atom stereocenters. The monoisotopic (exact) mass is 213 g/mol. The summed E-state index contributed by atoms with van der Waals surface area (Å²) in [5, 5.41) is 9.08. The first kappa shape index (κ1) is 11.5. The van der Waals surface area contributed by atoms with Crippen LogP contribution in [0.15, 0.2) is 12.1 Å². The topological polar surface area (TPSA) is 72.5 Å². The maximum atomic E-state index is 13.3. The zero-order valence-corrected chi connectivity index (χ0v) is 8.45. The largest absolute Gasteiger partial charge is 0.505 e. The molecule has 0 aliphatic carbocycles. The summed E-state index contributed by atoms with van der Waals surface area (Å²) in [6.45, 7) is 1.49. The molecule has 0 fully saturated rings. The van der Waals surface area contributed by atoms with E-state index in [0.29, 0.717) is 0 Å². The third-order valence-corrected chi connectivity index (χ3v) is 1.96. The third kappa shape index (κ3) is 2.07. The van der Waals surface area contributed by atoms with Crippen LogP contribution in [-0.4, -0.2) is 24.0 Å². The van der Waals surface area contributed by atoms with Gasteiger partial charge in [-0.25, -0.2) is 0 Å². The Hall–Kier alpha value is -1.62. The maximum absolute atomic E-state index is 13.3. The van der Waals surface area contributed by atoms with Gasteiger partial charge in [0.1, 0.15) is 0 Å². The predicted octanol–water partition coefficient (Wildman–Crippen LogP) is 1.07. The van der Waals surface area contributed by atoms with Crippen LogP contribution in [0.4, 0.5) is 4.39 Å². The summed E-state index contributed by atoms with van der Waals surface area (Å²) < 4.78 is 18.0. The summed E-state index contributed by atoms with van der Waals surface area (Å²) in [6.07, 6.45) is 0. The number of rotatable bonds is 3. The lowest BCUT2D eigenvalue weighted by Gasteiger charge is -2.11. The number of carbonyl (C=O) groups is 1. The van der Waals surface area contributed by atoms with Gasteiger partial charge in [-0.15, -0.1) is 0 Å². The minimum absolute atomic E-state index is 0.0304. The molecule has 0 aliphatic heterocycles. The molecule has 5 heteroatoms. The molecular formula is C10H12FNO3. The fraction of sp³-hybridized carbons (Fsp3) is 0.300. The Morgan fingerprint density at radius 2 is 2.20 bits per heavy atom. The van der Waals surface area contributed by atoms with Crippen LogP contribution in [-0.2, 0) is 0 Å². The summed E-state index contributed by atoms with van der Waals surface area (Å²) in [7, 11) is 1.22. The van der Waals surface area contributed by atoms with E-state index in [-0.39, 0.29) is 11.3 Å². The van der Waals surface area contributed by atoms with E-state index >= 15 is 0 Å². The molecule has 1 rings (SSSR count). The number of halogens is 1. The highest BCUT2D eigenvalue weighted by molar-refractivity contribution is 6.02. The molecule has 82 valence electrons. The van der Waals surface area contributed by atoms with Crippen molar-refractivity contribution in [3.63, 3.8) is 0 Å². The lowest BCUT2D eigenvalue weighted by atomic mass is 10.0. The zero-order chi connectivity index (χ0) is 11.6. The average Bonchev–Trinajstić information content (AvgIpc) is 2.20. The molecule has 1 aromatic carbocycles. The Morgan fingerprint density at radius 3 is 2.67 bits per heavy atom. The molecule has 0 saturated heterocycles. The van der Waals surface area contributed by atoms with Crippen molar-refractivity contribution in [1.82, 2.24) is 0 Å². The molecule has 15 heavy (non-hydrogen) atoms. The first-order valence-corrected chi connectivity index (χ1v) is 4.34. The molecule has 1 aromatic rings. The minimum Gasteiger partial charge on any atom is -0.505 e. The Labute approximate surface area is 86.5 Å². The number of phenolic OH excluding ortho intramolecular Hbond substituents is 1. The van der Waals surface area contributed by atoms with Crippen molar-refractivity contribution in [1.29, 1.82) is 0 Å². The molecule has 1 unspecified atom stereocenters. The van der Waals surface area contributed by atoms with Gasteiger partial charge in [-0.2, -0.15) is 4.39 Å². The van der Waals surface area contributed by atoms with Gasteiger partial charge in [0.15, 0.2) is 17.3 Å². The van der Waals surface area contributed by atoms with E-state index in [4.69, 9.17) is 15.6 Å². The van der Waals surface area contributed by atoms with Crippen molar-refractivity contribution in [3.8, 4) is 11.5 Å². The summed E-state index contributed by atoms with van der Waals surface area (Å²) in [5.41, 5.74) is 5.42. The Bertz CT molecular complexity index is 390. The van der Waals surface area contributed by atoms with Crippen molar-refractivity contribution in [2.45, 2.75) is 13.0 Å². The van der Waals surface area contributed by atoms with Gasteiger partial charge in [0.25, 0.3) is 0 Å². The van der Waals surface area contributed by atoms with Crippen LogP contribution in [0.2, 0.25) is 0 Å². The van der Waals surface area contributed by atoms with Gasteiger partial charge >= 0.3 is 0 Å². The van der Waals surface area contributed by atoms with Gasteiger partial charge in [-0.1, -0.05) is 0 Å². The van der Waals surface area contributed by atoms with Crippen LogP contribution in [0.5, 0.6) is 11.5 Å². The number of ketones is 1. The molecule has 0 bridgehead atoms. The van der Waals surface area contributed by atoms with Crippen molar-refractivity contribution in [2.75, 3.05) is 7.11 Å². The van der Waals surface area contributed by atoms with E-state index in [1.807, 2.05) is 0 Å². The normalized spacial score (nSPS) is 12.3. The second-order valence-electron chi connectivity index (χ2n) is 3.13. The van der Waals surface area contributed by atoms with E-state index in [1.165, 1.54) is 20.1 Å². The Kier molecular flexibility index (Phi) is 3.26. The third-order valence-electron chi connectivity index (χ3n) is 1.96. The second kappa shape index (κ2) is 4.27. The second-order valence-corrected chi connectivity index (χ2v) is 3.13. The van der Waals surface area contributed by atoms with Gasteiger partial charge < -0.3 is 15.6 Å². The summed E-state index contributed by atoms with van der Waals surface area (Å²) in [5.74, 6) is -2.24. The first-order valence-electron chi connectivity index (χ1n) is 4.34. The molecule has 4 nitrogen and oxygen atoms in total. The number of aromatic hydroxyl groups is 1. The molecule has 0 aromatic heterocycles. The highest BCUT2D eigenvalue weighted by atomic mass is 19.1. The number of methoxy groups -OCH3 is 1. The lowest BCUT2D eigenvalue weighted by Crippen LogP contribution is -2.27. The van der Waals surface area contributed by atoms with Gasteiger partial charge in [0.05, 0.1) is 18.7 Å². The van der Waals surface area contributed by atoms with E-state index in [1.54, 1.807) is 0 Å². The molecule has 0 radical (unpaired) electrons. The highest BCUT2D eigenvalue weighted by Gasteiger charge is 2.21. The molecule has 0 spiro atoms. The van der Waals surface area contributed by atoms with Crippen molar-refractivity contribution < 1.29 is 19.0 Å². The standard InChI is InChI=1S/C10H12FNO3/c1-5(12)9(14)6-3-4-7(13)8(11)10(6)15-2/h3-5,13H,12H2,1-2H3. The molecule has 3 N–H and O–H groups in total. The number of hydrogen-bond acceptors (Lipinski definition) is 4. The molecular weight excluding hydrogens is 201 g/mol. The van der Waals surface area contributed by atoms with Crippen LogP contribution >= 0.6 is 0 Å². The highest BCUT2D eigenvalue weighted by Crippen LogP contribution is 2.30. The quantitative estimate of drug-likeness (QED) is 0.736. The Morgan fingerprint density at radius 1 is 1.60 bits per heavy atom. The van der Waals surface area contributed by atoms with Crippen LogP contribution in [0.3, 0.4) is 0 Å². The number of carbonyl (C=O) groups excluding carboxylic acids is 1. The minimum atomic E-state index is -0.955. The van der Waals surface area contributed by atoms with Crippen LogP contribution in [0, 0.1) is 5.82 Å². The number of phenols is 1. The number of hydrogen-bond donors (Lipinski definition) is 2. The number of ether oxygens (including phenoxy) is 1. The maximum Gasteiger partial charge on any atom is 0.207 e. The smallest absolute Gasteiger partial charge is 0.207 e. The van der Waals surface area contributed by atoms with Gasteiger partial charge in [0.2, 0.25) is 5.82 Å². The fourth-order valence-corrected chi connectivity index (χ4v) is 1.18. The lowest BCUT2D eigenvalue weighted by molar-refractivity contribution is 0.0964. The molecule has 0 heterocycles. The average molecular weight is 213 g/mol. The van der Waals surface area contributed by atoms with Crippen LogP contribution < -0.4 is 10.5 Å². The van der Waals surface area contributed by atoms with Crippen LogP contribution in [0.1, 0.15) is 17.3 Å². The molecule has 0 saturated carbocycles. The van der Waals surface area contributed by atoms with E-state index in [0.717, 1.165) is 6.07 Å². The molecule has 0 amide bonds. The zero-order valence-electron chi connectivity index (χ0n) is 8.45. The number of Topliss-reactive ketones (excluding diaryl/α,β-unsaturated/α-hetero) is 1. The summed E-state index contributed by atoms with van der Waals surface area (Å²) >= 11 is 0. The number of nitrogens with two attached hydrogens (primary N) is 1. The van der Waals surface area contributed by atoms with Crippen molar-refractivity contribution >= 4 is 5.78 Å². The van der Waals surface area contributed by atoms with E-state index < -0.39 is 23.4 Å². The summed E-state index contributed by atoms with van der Waals surface area (Å²) in [6, 6.07) is 1.62. The van der Waals surface area contributed by atoms with E-state index in [2.05, 4.69) is 0 Å². The van der Waals surface area contributed by atoms with E-state index in [9.17, 15) is 9.18 Å². The molecule has 0 aliphatic rings.